The lowest BCUT2D eigenvalue weighted by molar-refractivity contribution is -0.114. The molecule has 152 valence electrons. The molecule has 8 heteroatoms. The van der Waals surface area contributed by atoms with Crippen molar-refractivity contribution in [3.63, 3.8) is 0 Å². The highest BCUT2D eigenvalue weighted by Crippen LogP contribution is 2.24. The number of amides is 1. The van der Waals surface area contributed by atoms with Crippen molar-refractivity contribution >= 4 is 21.6 Å². The van der Waals surface area contributed by atoms with E-state index >= 15 is 0 Å². The van der Waals surface area contributed by atoms with Crippen LogP contribution in [0.15, 0.2) is 59.6 Å². The summed E-state index contributed by atoms with van der Waals surface area (Å²) in [6.45, 7) is 7.11. The second-order valence-corrected chi connectivity index (χ2v) is 8.65. The quantitative estimate of drug-likeness (QED) is 0.648. The van der Waals surface area contributed by atoms with Crippen LogP contribution in [0, 0.1) is 13.8 Å². The number of sulfonamides is 1. The highest BCUT2D eigenvalue weighted by atomic mass is 32.2. The molecule has 3 rings (SSSR count). The first kappa shape index (κ1) is 20.8. The number of aryl methyl sites for hydroxylation is 1. The van der Waals surface area contributed by atoms with Crippen molar-refractivity contribution in [2.45, 2.75) is 38.6 Å². The van der Waals surface area contributed by atoms with Crippen LogP contribution >= 0.6 is 0 Å². The predicted octanol–water partition coefficient (Wildman–Crippen LogP) is 3.49. The molecule has 1 atom stereocenters. The molecule has 3 aromatic rings. The van der Waals surface area contributed by atoms with Gasteiger partial charge in [0.05, 0.1) is 16.8 Å². The molecule has 0 aliphatic rings. The Labute approximate surface area is 170 Å². The maximum absolute atomic E-state index is 12.8. The van der Waals surface area contributed by atoms with Crippen LogP contribution in [0.1, 0.15) is 36.7 Å². The topological polar surface area (TPSA) is 93.1 Å². The van der Waals surface area contributed by atoms with E-state index < -0.39 is 16.1 Å². The molecule has 0 aliphatic heterocycles. The fourth-order valence-electron chi connectivity index (χ4n) is 3.18. The second kappa shape index (κ2) is 8.18. The van der Waals surface area contributed by atoms with Crippen LogP contribution in [0.5, 0.6) is 0 Å². The summed E-state index contributed by atoms with van der Waals surface area (Å²) in [5, 5.41) is 7.07. The number of benzene rings is 2. The summed E-state index contributed by atoms with van der Waals surface area (Å²) in [5.74, 6) is -0.214. The summed E-state index contributed by atoms with van der Waals surface area (Å²) in [6.07, 6.45) is 1.69. The van der Waals surface area contributed by atoms with Gasteiger partial charge in [0.2, 0.25) is 15.9 Å². The van der Waals surface area contributed by atoms with Crippen molar-refractivity contribution < 1.29 is 13.2 Å². The highest BCUT2D eigenvalue weighted by Gasteiger charge is 2.22. The number of nitrogens with one attached hydrogen (secondary N) is 2. The molecular formula is C21H24N4O3S. The van der Waals surface area contributed by atoms with E-state index in [0.29, 0.717) is 5.69 Å². The van der Waals surface area contributed by atoms with Gasteiger partial charge in [0, 0.05) is 29.9 Å². The number of carbonyl (C=O) groups is 1. The molecule has 1 heterocycles. The van der Waals surface area contributed by atoms with Crippen molar-refractivity contribution in [3.8, 4) is 5.69 Å². The molecule has 1 aromatic heterocycles. The lowest BCUT2D eigenvalue weighted by atomic mass is 10.1. The van der Waals surface area contributed by atoms with Crippen LogP contribution in [0.4, 0.5) is 5.69 Å². The molecule has 0 spiro atoms. The molecule has 0 saturated heterocycles. The van der Waals surface area contributed by atoms with Crippen molar-refractivity contribution in [2.24, 2.45) is 0 Å². The Kier molecular flexibility index (Phi) is 5.86. The van der Waals surface area contributed by atoms with Crippen molar-refractivity contribution in [2.75, 3.05) is 5.32 Å². The number of nitrogens with zero attached hydrogens (tertiary/aromatic N) is 2. The van der Waals surface area contributed by atoms with Crippen LogP contribution in [-0.2, 0) is 14.8 Å². The van der Waals surface area contributed by atoms with Gasteiger partial charge in [-0.3, -0.25) is 4.79 Å². The summed E-state index contributed by atoms with van der Waals surface area (Å²) in [5.41, 5.74) is 4.25. The summed E-state index contributed by atoms with van der Waals surface area (Å²) < 4.78 is 30.0. The molecule has 0 fully saturated rings. The van der Waals surface area contributed by atoms with Gasteiger partial charge in [-0.05, 0) is 56.7 Å². The lowest BCUT2D eigenvalue weighted by Crippen LogP contribution is -2.27. The number of hydrogen-bond acceptors (Lipinski definition) is 4. The zero-order valence-electron chi connectivity index (χ0n) is 16.8. The Morgan fingerprint density at radius 3 is 2.34 bits per heavy atom. The molecule has 1 amide bonds. The van der Waals surface area contributed by atoms with Gasteiger partial charge in [0.25, 0.3) is 0 Å². The Bertz CT molecular complexity index is 1130. The van der Waals surface area contributed by atoms with E-state index in [-0.39, 0.29) is 10.8 Å². The van der Waals surface area contributed by atoms with E-state index in [2.05, 4.69) is 15.1 Å². The number of rotatable bonds is 6. The lowest BCUT2D eigenvalue weighted by Gasteiger charge is -2.15. The van der Waals surface area contributed by atoms with Gasteiger partial charge in [-0.15, -0.1) is 0 Å². The summed E-state index contributed by atoms with van der Waals surface area (Å²) in [6, 6.07) is 13.5. The minimum atomic E-state index is -3.73. The maximum atomic E-state index is 12.8. The van der Waals surface area contributed by atoms with Gasteiger partial charge in [-0.1, -0.05) is 18.2 Å². The van der Waals surface area contributed by atoms with Gasteiger partial charge in [0.15, 0.2) is 0 Å². The van der Waals surface area contributed by atoms with Crippen LogP contribution < -0.4 is 10.0 Å². The minimum Gasteiger partial charge on any atom is -0.326 e. The van der Waals surface area contributed by atoms with Gasteiger partial charge in [0.1, 0.15) is 0 Å². The van der Waals surface area contributed by atoms with E-state index in [1.807, 2.05) is 42.8 Å². The van der Waals surface area contributed by atoms with Crippen LogP contribution in [0.25, 0.3) is 5.69 Å². The van der Waals surface area contributed by atoms with Crippen LogP contribution in [-0.4, -0.2) is 24.1 Å². The molecule has 2 N–H and O–H groups in total. The predicted molar refractivity (Wildman–Crippen MR) is 113 cm³/mol. The summed E-state index contributed by atoms with van der Waals surface area (Å²) in [7, 11) is -3.73. The summed E-state index contributed by atoms with van der Waals surface area (Å²) in [4.78, 5) is 11.2. The maximum Gasteiger partial charge on any atom is 0.241 e. The largest absolute Gasteiger partial charge is 0.326 e. The third-order valence-corrected chi connectivity index (χ3v) is 6.23. The van der Waals surface area contributed by atoms with Gasteiger partial charge in [-0.2, -0.15) is 5.10 Å². The zero-order valence-corrected chi connectivity index (χ0v) is 17.6. The molecule has 29 heavy (non-hydrogen) atoms. The van der Waals surface area contributed by atoms with Gasteiger partial charge < -0.3 is 5.32 Å². The number of para-hydroxylation sites is 1. The van der Waals surface area contributed by atoms with E-state index in [0.717, 1.165) is 22.5 Å². The highest BCUT2D eigenvalue weighted by molar-refractivity contribution is 7.89. The van der Waals surface area contributed by atoms with Crippen molar-refractivity contribution in [1.29, 1.82) is 0 Å². The third kappa shape index (κ3) is 4.55. The average Bonchev–Trinajstić information content (AvgIpc) is 3.03. The molecule has 0 bridgehead atoms. The Hall–Kier alpha value is -2.97. The summed E-state index contributed by atoms with van der Waals surface area (Å²) >= 11 is 0. The first-order chi connectivity index (χ1) is 13.7. The number of hydrogen-bond donors (Lipinski definition) is 2. The fourth-order valence-corrected chi connectivity index (χ4v) is 4.40. The Morgan fingerprint density at radius 2 is 1.72 bits per heavy atom. The Balaban J connectivity index is 1.82. The number of aromatic nitrogens is 2. The van der Waals surface area contributed by atoms with Crippen molar-refractivity contribution in [1.82, 2.24) is 14.5 Å². The first-order valence-corrected chi connectivity index (χ1v) is 10.7. The van der Waals surface area contributed by atoms with Gasteiger partial charge >= 0.3 is 0 Å². The fraction of sp³-hybridized carbons (Fsp3) is 0.238. The molecular weight excluding hydrogens is 388 g/mol. The molecule has 0 unspecified atom stereocenters. The zero-order chi connectivity index (χ0) is 21.2. The normalized spacial score (nSPS) is 12.6. The van der Waals surface area contributed by atoms with Crippen molar-refractivity contribution in [3.05, 3.63) is 71.5 Å². The molecule has 0 radical (unpaired) electrons. The number of anilines is 1. The molecule has 0 saturated carbocycles. The van der Waals surface area contributed by atoms with E-state index in [9.17, 15) is 13.2 Å². The van der Waals surface area contributed by atoms with E-state index in [1.54, 1.807) is 25.3 Å². The minimum absolute atomic E-state index is 0.127. The molecule has 2 aromatic carbocycles. The average molecular weight is 413 g/mol. The SMILES string of the molecule is CC(=O)Nc1ccc(S(=O)(=O)N[C@H](C)c2cnn(-c3ccccc3C)c2C)cc1. The van der Waals surface area contributed by atoms with Gasteiger partial charge in [-0.25, -0.2) is 17.8 Å². The monoisotopic (exact) mass is 412 g/mol. The Morgan fingerprint density at radius 1 is 1.07 bits per heavy atom. The first-order valence-electron chi connectivity index (χ1n) is 9.19. The second-order valence-electron chi connectivity index (χ2n) is 6.93. The third-order valence-electron chi connectivity index (χ3n) is 4.67. The van der Waals surface area contributed by atoms with Crippen LogP contribution in [0.3, 0.4) is 0 Å². The molecule has 7 nitrogen and oxygen atoms in total. The smallest absolute Gasteiger partial charge is 0.241 e. The van der Waals surface area contributed by atoms with E-state index in [4.69, 9.17) is 0 Å². The standard InChI is InChI=1S/C21H24N4O3S/c1-14-7-5-6-8-21(14)25-16(3)20(13-22-25)15(2)24-29(27,28)19-11-9-18(10-12-19)23-17(4)26/h5-13,15,24H,1-4H3,(H,23,26)/t15-/m1/s1. The number of carbonyl (C=O) groups excluding carboxylic acids is 1. The van der Waals surface area contributed by atoms with E-state index in [1.165, 1.54) is 19.1 Å². The van der Waals surface area contributed by atoms with Crippen LogP contribution in [0.2, 0.25) is 0 Å². The molecule has 0 aliphatic carbocycles.